The summed E-state index contributed by atoms with van der Waals surface area (Å²) in [4.78, 5) is 23.9. The highest BCUT2D eigenvalue weighted by molar-refractivity contribution is 5.98. The van der Waals surface area contributed by atoms with Crippen molar-refractivity contribution >= 4 is 11.9 Å². The smallest absolute Gasteiger partial charge is 0.339 e. The number of benzene rings is 2. The molecule has 27 heavy (non-hydrogen) atoms. The van der Waals surface area contributed by atoms with Crippen LogP contribution in [-0.2, 0) is 6.54 Å². The first-order valence-electron chi connectivity index (χ1n) is 7.94. The van der Waals surface area contributed by atoms with Gasteiger partial charge in [-0.15, -0.1) is 0 Å². The molecule has 0 bridgehead atoms. The van der Waals surface area contributed by atoms with Crippen LogP contribution in [0.4, 0.5) is 0 Å². The molecule has 0 aromatic heterocycles. The van der Waals surface area contributed by atoms with E-state index in [2.05, 4.69) is 5.32 Å². The van der Waals surface area contributed by atoms with E-state index in [4.69, 9.17) is 18.9 Å². The van der Waals surface area contributed by atoms with Crippen LogP contribution in [0.2, 0.25) is 0 Å². The largest absolute Gasteiger partial charge is 0.496 e. The number of carboxylic acids is 1. The Hall–Kier alpha value is -3.42. The Kier molecular flexibility index (Phi) is 6.48. The Labute approximate surface area is 156 Å². The monoisotopic (exact) mass is 375 g/mol. The lowest BCUT2D eigenvalue weighted by molar-refractivity contribution is 0.0693. The van der Waals surface area contributed by atoms with Gasteiger partial charge in [0.05, 0.1) is 34.0 Å². The minimum Gasteiger partial charge on any atom is -0.496 e. The number of methoxy groups -OCH3 is 4. The summed E-state index contributed by atoms with van der Waals surface area (Å²) in [6.45, 7) is 0.126. The molecule has 8 heteroatoms. The fourth-order valence-corrected chi connectivity index (χ4v) is 2.59. The molecule has 2 rings (SSSR count). The van der Waals surface area contributed by atoms with E-state index in [1.165, 1.54) is 34.5 Å². The Bertz CT molecular complexity index is 848. The number of rotatable bonds is 8. The normalized spacial score (nSPS) is 10.1. The molecular weight excluding hydrogens is 354 g/mol. The van der Waals surface area contributed by atoms with E-state index >= 15 is 0 Å². The molecule has 0 unspecified atom stereocenters. The average Bonchev–Trinajstić information content (AvgIpc) is 2.70. The van der Waals surface area contributed by atoms with Gasteiger partial charge in [-0.2, -0.15) is 0 Å². The van der Waals surface area contributed by atoms with Gasteiger partial charge in [-0.3, -0.25) is 4.79 Å². The van der Waals surface area contributed by atoms with Crippen LogP contribution >= 0.6 is 0 Å². The Morgan fingerprint density at radius 1 is 0.852 bits per heavy atom. The lowest BCUT2D eigenvalue weighted by Crippen LogP contribution is -2.23. The zero-order valence-corrected chi connectivity index (χ0v) is 15.5. The van der Waals surface area contributed by atoms with Crippen LogP contribution in [0.15, 0.2) is 30.3 Å². The van der Waals surface area contributed by atoms with Gasteiger partial charge in [0, 0.05) is 6.54 Å². The molecule has 0 spiro atoms. The maximum Gasteiger partial charge on any atom is 0.339 e. The van der Waals surface area contributed by atoms with Gasteiger partial charge in [-0.05, 0) is 29.8 Å². The summed E-state index contributed by atoms with van der Waals surface area (Å²) in [5.74, 6) is -0.269. The molecule has 0 aliphatic rings. The highest BCUT2D eigenvalue weighted by atomic mass is 16.5. The van der Waals surface area contributed by atoms with Crippen molar-refractivity contribution in [3.8, 4) is 23.0 Å². The van der Waals surface area contributed by atoms with Crippen molar-refractivity contribution in [2.45, 2.75) is 6.54 Å². The lowest BCUT2D eigenvalue weighted by Gasteiger charge is -2.15. The molecule has 144 valence electrons. The number of carboxylic acid groups (broad SMARTS) is 1. The second kappa shape index (κ2) is 8.79. The third-order valence-corrected chi connectivity index (χ3v) is 3.90. The van der Waals surface area contributed by atoms with E-state index < -0.39 is 11.9 Å². The first kappa shape index (κ1) is 19.9. The van der Waals surface area contributed by atoms with Crippen molar-refractivity contribution in [2.75, 3.05) is 28.4 Å². The summed E-state index contributed by atoms with van der Waals surface area (Å²) < 4.78 is 20.8. The van der Waals surface area contributed by atoms with Gasteiger partial charge in [0.25, 0.3) is 5.91 Å². The quantitative estimate of drug-likeness (QED) is 0.730. The van der Waals surface area contributed by atoms with Crippen LogP contribution in [0.5, 0.6) is 23.0 Å². The summed E-state index contributed by atoms with van der Waals surface area (Å²) in [6.07, 6.45) is 0. The Morgan fingerprint density at radius 3 is 2.04 bits per heavy atom. The second-order valence-electron chi connectivity index (χ2n) is 5.40. The van der Waals surface area contributed by atoms with Crippen molar-refractivity contribution in [3.05, 3.63) is 47.0 Å². The standard InChI is InChI=1S/C19H21NO7/c1-24-14-7-5-11(9-13(14)19(22)23)10-20-18(21)12-6-8-15(25-2)17(27-4)16(12)26-3/h5-9H,10H2,1-4H3,(H,20,21)(H,22,23). The van der Waals surface area contributed by atoms with Gasteiger partial charge in [0.1, 0.15) is 11.3 Å². The number of hydrogen-bond donors (Lipinski definition) is 2. The van der Waals surface area contributed by atoms with Crippen molar-refractivity contribution in [1.29, 1.82) is 0 Å². The van der Waals surface area contributed by atoms with E-state index in [1.807, 2.05) is 0 Å². The molecule has 0 atom stereocenters. The van der Waals surface area contributed by atoms with Crippen LogP contribution in [-0.4, -0.2) is 45.4 Å². The van der Waals surface area contributed by atoms with E-state index in [9.17, 15) is 14.7 Å². The van der Waals surface area contributed by atoms with Gasteiger partial charge < -0.3 is 29.4 Å². The van der Waals surface area contributed by atoms with E-state index in [0.717, 1.165) is 0 Å². The van der Waals surface area contributed by atoms with Gasteiger partial charge in [-0.25, -0.2) is 4.79 Å². The lowest BCUT2D eigenvalue weighted by atomic mass is 10.1. The molecule has 1 amide bonds. The molecule has 2 aromatic rings. The van der Waals surface area contributed by atoms with Crippen LogP contribution in [0.3, 0.4) is 0 Å². The Balaban J connectivity index is 2.24. The van der Waals surface area contributed by atoms with Crippen LogP contribution < -0.4 is 24.3 Å². The summed E-state index contributed by atoms with van der Waals surface area (Å²) in [5, 5.41) is 12.0. The SMILES string of the molecule is COc1ccc(CNC(=O)c2ccc(OC)c(OC)c2OC)cc1C(=O)O. The number of ether oxygens (including phenoxy) is 4. The molecule has 0 saturated heterocycles. The molecular formula is C19H21NO7. The first-order chi connectivity index (χ1) is 13.0. The predicted molar refractivity (Wildman–Crippen MR) is 97.2 cm³/mol. The van der Waals surface area contributed by atoms with E-state index in [-0.39, 0.29) is 29.2 Å². The zero-order valence-electron chi connectivity index (χ0n) is 15.5. The second-order valence-corrected chi connectivity index (χ2v) is 5.40. The summed E-state index contributed by atoms with van der Waals surface area (Å²) in [5.41, 5.74) is 0.899. The van der Waals surface area contributed by atoms with Crippen molar-refractivity contribution in [2.24, 2.45) is 0 Å². The van der Waals surface area contributed by atoms with Crippen LogP contribution in [0.25, 0.3) is 0 Å². The molecule has 0 aliphatic heterocycles. The van der Waals surface area contributed by atoms with Crippen LogP contribution in [0.1, 0.15) is 26.3 Å². The zero-order chi connectivity index (χ0) is 20.0. The third-order valence-electron chi connectivity index (χ3n) is 3.90. The van der Waals surface area contributed by atoms with Gasteiger partial charge in [0.2, 0.25) is 5.75 Å². The number of amides is 1. The Morgan fingerprint density at radius 2 is 1.48 bits per heavy atom. The average molecular weight is 375 g/mol. The van der Waals surface area contributed by atoms with E-state index in [0.29, 0.717) is 17.1 Å². The van der Waals surface area contributed by atoms with Crippen LogP contribution in [0, 0.1) is 0 Å². The fraction of sp³-hybridized carbons (Fsp3) is 0.263. The van der Waals surface area contributed by atoms with Crippen molar-refractivity contribution in [1.82, 2.24) is 5.32 Å². The summed E-state index contributed by atoms with van der Waals surface area (Å²) >= 11 is 0. The molecule has 0 saturated carbocycles. The molecule has 0 heterocycles. The highest BCUT2D eigenvalue weighted by Gasteiger charge is 2.20. The predicted octanol–water partition coefficient (Wildman–Crippen LogP) is 2.35. The minimum absolute atomic E-state index is 0.0212. The number of carbonyl (C=O) groups excluding carboxylic acids is 1. The highest BCUT2D eigenvalue weighted by Crippen LogP contribution is 2.39. The molecule has 0 radical (unpaired) electrons. The molecule has 8 nitrogen and oxygen atoms in total. The minimum atomic E-state index is -1.11. The molecule has 2 N–H and O–H groups in total. The topological polar surface area (TPSA) is 103 Å². The first-order valence-corrected chi connectivity index (χ1v) is 7.94. The van der Waals surface area contributed by atoms with Gasteiger partial charge >= 0.3 is 5.97 Å². The maximum absolute atomic E-state index is 12.6. The molecule has 0 aliphatic carbocycles. The third kappa shape index (κ3) is 4.22. The number of hydrogen-bond acceptors (Lipinski definition) is 6. The molecule has 0 fully saturated rings. The van der Waals surface area contributed by atoms with Gasteiger partial charge in [-0.1, -0.05) is 6.07 Å². The van der Waals surface area contributed by atoms with Gasteiger partial charge in [0.15, 0.2) is 11.5 Å². The maximum atomic E-state index is 12.6. The number of aromatic carboxylic acids is 1. The van der Waals surface area contributed by atoms with E-state index in [1.54, 1.807) is 24.3 Å². The van der Waals surface area contributed by atoms with Crippen molar-refractivity contribution < 1.29 is 33.6 Å². The number of nitrogens with one attached hydrogen (secondary N) is 1. The summed E-state index contributed by atoms with van der Waals surface area (Å²) in [6, 6.07) is 7.84. The fourth-order valence-electron chi connectivity index (χ4n) is 2.59. The van der Waals surface area contributed by atoms with Crippen molar-refractivity contribution in [3.63, 3.8) is 0 Å². The summed E-state index contributed by atoms with van der Waals surface area (Å²) in [7, 11) is 5.76. The number of carbonyl (C=O) groups is 2. The molecule has 2 aromatic carbocycles.